The van der Waals surface area contributed by atoms with Gasteiger partial charge in [-0.15, -0.1) is 0 Å². The smallest absolute Gasteiger partial charge is 0.410 e. The fraction of sp³-hybridized carbons (Fsp3) is 0.647. The van der Waals surface area contributed by atoms with Crippen LogP contribution >= 0.6 is 0 Å². The van der Waals surface area contributed by atoms with Gasteiger partial charge in [-0.1, -0.05) is 0 Å². The molecular weight excluding hydrogens is 278 g/mol. The number of hydrogen-bond donors (Lipinski definition) is 0. The number of fused-ring (bicyclic) bond motifs is 2. The maximum absolute atomic E-state index is 12.3. The van der Waals surface area contributed by atoms with Crippen molar-refractivity contribution in [2.75, 3.05) is 18.0 Å². The summed E-state index contributed by atoms with van der Waals surface area (Å²) < 4.78 is 5.51. The Morgan fingerprint density at radius 3 is 2.36 bits per heavy atom. The van der Waals surface area contributed by atoms with Crippen LogP contribution in [0.5, 0.6) is 0 Å². The average Bonchev–Trinajstić information content (AvgIpc) is 2.68. The van der Waals surface area contributed by atoms with Gasteiger partial charge in [0.15, 0.2) is 0 Å². The van der Waals surface area contributed by atoms with E-state index in [1.165, 1.54) is 5.69 Å². The summed E-state index contributed by atoms with van der Waals surface area (Å²) in [6.07, 6.45) is 4.01. The van der Waals surface area contributed by atoms with Crippen LogP contribution in [0, 0.1) is 6.92 Å². The molecule has 2 atom stereocenters. The predicted molar refractivity (Wildman–Crippen MR) is 86.1 cm³/mol. The van der Waals surface area contributed by atoms with Crippen LogP contribution < -0.4 is 4.90 Å². The SMILES string of the molecule is Cc1ccc(N2C3CCC2CN(C(=O)OC(C)(C)C)C3)cn1. The molecule has 0 radical (unpaired) electrons. The highest BCUT2D eigenvalue weighted by Gasteiger charge is 2.42. The van der Waals surface area contributed by atoms with E-state index >= 15 is 0 Å². The van der Waals surface area contributed by atoms with E-state index in [-0.39, 0.29) is 6.09 Å². The number of aromatic nitrogens is 1. The Labute approximate surface area is 132 Å². The lowest BCUT2D eigenvalue weighted by atomic mass is 10.1. The zero-order valence-corrected chi connectivity index (χ0v) is 13.9. The van der Waals surface area contributed by atoms with Crippen molar-refractivity contribution in [1.82, 2.24) is 9.88 Å². The molecule has 2 aliphatic rings. The van der Waals surface area contributed by atoms with Gasteiger partial charge in [0, 0.05) is 30.9 Å². The largest absolute Gasteiger partial charge is 0.444 e. The normalized spacial score (nSPS) is 24.5. The van der Waals surface area contributed by atoms with Crippen molar-refractivity contribution in [2.45, 2.75) is 58.2 Å². The fourth-order valence-corrected chi connectivity index (χ4v) is 3.41. The second kappa shape index (κ2) is 5.45. The number of amides is 1. The van der Waals surface area contributed by atoms with Crippen molar-refractivity contribution in [3.8, 4) is 0 Å². The predicted octanol–water partition coefficient (Wildman–Crippen LogP) is 2.98. The third-order valence-electron chi connectivity index (χ3n) is 4.33. The first-order valence-electron chi connectivity index (χ1n) is 8.02. The number of rotatable bonds is 1. The average molecular weight is 303 g/mol. The number of anilines is 1. The lowest BCUT2D eigenvalue weighted by molar-refractivity contribution is 0.0209. The minimum atomic E-state index is -0.436. The fourth-order valence-electron chi connectivity index (χ4n) is 3.41. The van der Waals surface area contributed by atoms with Gasteiger partial charge < -0.3 is 14.5 Å². The number of piperazine rings is 1. The van der Waals surface area contributed by atoms with E-state index in [0.717, 1.165) is 31.6 Å². The quantitative estimate of drug-likeness (QED) is 0.800. The number of likely N-dealkylation sites (tertiary alicyclic amines) is 1. The van der Waals surface area contributed by atoms with E-state index < -0.39 is 5.60 Å². The highest BCUT2D eigenvalue weighted by atomic mass is 16.6. The summed E-state index contributed by atoms with van der Waals surface area (Å²) in [7, 11) is 0. The number of carbonyl (C=O) groups excluding carboxylic acids is 1. The molecule has 22 heavy (non-hydrogen) atoms. The van der Waals surface area contributed by atoms with Crippen LogP contribution in [-0.4, -0.2) is 46.8 Å². The first-order valence-corrected chi connectivity index (χ1v) is 8.02. The van der Waals surface area contributed by atoms with Crippen molar-refractivity contribution in [3.05, 3.63) is 24.0 Å². The molecule has 3 heterocycles. The Kier molecular flexibility index (Phi) is 3.75. The number of ether oxygens (including phenoxy) is 1. The first kappa shape index (κ1) is 15.1. The van der Waals surface area contributed by atoms with Crippen molar-refractivity contribution >= 4 is 11.8 Å². The van der Waals surface area contributed by atoms with Crippen LogP contribution in [0.3, 0.4) is 0 Å². The molecule has 1 aromatic rings. The lowest BCUT2D eigenvalue weighted by Gasteiger charge is -2.42. The summed E-state index contributed by atoms with van der Waals surface area (Å²) in [5.74, 6) is 0. The van der Waals surface area contributed by atoms with Crippen LogP contribution in [0.25, 0.3) is 0 Å². The van der Waals surface area contributed by atoms with E-state index in [0.29, 0.717) is 12.1 Å². The summed E-state index contributed by atoms with van der Waals surface area (Å²) in [4.78, 5) is 21.0. The molecule has 1 amide bonds. The third kappa shape index (κ3) is 3.03. The van der Waals surface area contributed by atoms with Gasteiger partial charge in [0.05, 0.1) is 11.9 Å². The molecule has 0 saturated carbocycles. The second-order valence-electron chi connectivity index (χ2n) is 7.34. The van der Waals surface area contributed by atoms with Crippen LogP contribution in [-0.2, 0) is 4.74 Å². The van der Waals surface area contributed by atoms with Crippen molar-refractivity contribution in [1.29, 1.82) is 0 Å². The number of pyridine rings is 1. The van der Waals surface area contributed by atoms with Crippen molar-refractivity contribution in [3.63, 3.8) is 0 Å². The molecule has 0 aliphatic carbocycles. The van der Waals surface area contributed by atoms with Gasteiger partial charge in [-0.2, -0.15) is 0 Å². The summed E-state index contributed by atoms with van der Waals surface area (Å²) in [5, 5.41) is 0. The number of hydrogen-bond acceptors (Lipinski definition) is 4. The Hall–Kier alpha value is -1.78. The molecule has 0 aromatic carbocycles. The molecule has 120 valence electrons. The maximum Gasteiger partial charge on any atom is 0.410 e. The standard InChI is InChI=1S/C17H25N3O2/c1-12-5-6-13(9-18-12)20-14-7-8-15(20)11-19(10-14)16(21)22-17(2,3)4/h5-6,9,14-15H,7-8,10-11H2,1-4H3. The maximum atomic E-state index is 12.3. The van der Waals surface area contributed by atoms with Gasteiger partial charge in [0.2, 0.25) is 0 Å². The molecule has 1 aromatic heterocycles. The van der Waals surface area contributed by atoms with E-state index in [9.17, 15) is 4.79 Å². The third-order valence-corrected chi connectivity index (χ3v) is 4.33. The summed E-state index contributed by atoms with van der Waals surface area (Å²) in [5.41, 5.74) is 1.76. The molecule has 2 bridgehead atoms. The molecule has 2 fully saturated rings. The van der Waals surface area contributed by atoms with Gasteiger partial charge in [0.25, 0.3) is 0 Å². The van der Waals surface area contributed by atoms with Crippen LogP contribution in [0.4, 0.5) is 10.5 Å². The summed E-state index contributed by atoms with van der Waals surface area (Å²) in [6.45, 7) is 9.20. The van der Waals surface area contributed by atoms with Gasteiger partial charge >= 0.3 is 6.09 Å². The Morgan fingerprint density at radius 1 is 1.23 bits per heavy atom. The molecule has 2 aliphatic heterocycles. The van der Waals surface area contributed by atoms with Crippen LogP contribution in [0.2, 0.25) is 0 Å². The number of carbonyl (C=O) groups is 1. The van der Waals surface area contributed by atoms with Gasteiger partial charge in [-0.3, -0.25) is 4.98 Å². The monoisotopic (exact) mass is 303 g/mol. The minimum Gasteiger partial charge on any atom is -0.444 e. The lowest BCUT2D eigenvalue weighted by Crippen LogP contribution is -2.56. The number of nitrogens with zero attached hydrogens (tertiary/aromatic N) is 3. The molecule has 2 unspecified atom stereocenters. The summed E-state index contributed by atoms with van der Waals surface area (Å²) >= 11 is 0. The Balaban J connectivity index is 1.71. The van der Waals surface area contributed by atoms with Gasteiger partial charge in [-0.05, 0) is 52.7 Å². The molecule has 0 N–H and O–H groups in total. The molecular formula is C17H25N3O2. The first-order chi connectivity index (χ1) is 10.3. The van der Waals surface area contributed by atoms with Crippen LogP contribution in [0.15, 0.2) is 18.3 Å². The Morgan fingerprint density at radius 2 is 1.86 bits per heavy atom. The topological polar surface area (TPSA) is 45.7 Å². The summed E-state index contributed by atoms with van der Waals surface area (Å²) in [6, 6.07) is 4.93. The molecule has 5 nitrogen and oxygen atoms in total. The highest BCUT2D eigenvalue weighted by Crippen LogP contribution is 2.35. The second-order valence-corrected chi connectivity index (χ2v) is 7.34. The molecule has 2 saturated heterocycles. The van der Waals surface area contributed by atoms with E-state index in [2.05, 4.69) is 22.0 Å². The van der Waals surface area contributed by atoms with Crippen molar-refractivity contribution in [2.24, 2.45) is 0 Å². The van der Waals surface area contributed by atoms with Gasteiger partial charge in [-0.25, -0.2) is 4.79 Å². The van der Waals surface area contributed by atoms with Crippen LogP contribution in [0.1, 0.15) is 39.3 Å². The van der Waals surface area contributed by atoms with Crippen molar-refractivity contribution < 1.29 is 9.53 Å². The molecule has 5 heteroatoms. The van der Waals surface area contributed by atoms with E-state index in [1.807, 2.05) is 38.8 Å². The highest BCUT2D eigenvalue weighted by molar-refractivity contribution is 5.69. The van der Waals surface area contributed by atoms with E-state index in [4.69, 9.17) is 4.74 Å². The van der Waals surface area contributed by atoms with Gasteiger partial charge in [0.1, 0.15) is 5.60 Å². The minimum absolute atomic E-state index is 0.189. The van der Waals surface area contributed by atoms with E-state index in [1.54, 1.807) is 0 Å². The molecule has 3 rings (SSSR count). The zero-order chi connectivity index (χ0) is 15.9. The Bertz CT molecular complexity index is 536. The number of aryl methyl sites for hydroxylation is 1. The zero-order valence-electron chi connectivity index (χ0n) is 13.9. The molecule has 0 spiro atoms.